The largest absolute Gasteiger partial charge is 0.388 e. The Balaban J connectivity index is 2.36. The zero-order valence-corrected chi connectivity index (χ0v) is 11.4. The molecule has 5 nitrogen and oxygen atoms in total. The molecule has 2 heterocycles. The highest BCUT2D eigenvalue weighted by Gasteiger charge is 2.15. The van der Waals surface area contributed by atoms with E-state index in [2.05, 4.69) is 10.1 Å². The summed E-state index contributed by atoms with van der Waals surface area (Å²) in [6, 6.07) is 0. The normalized spacial score (nSPS) is 11.1. The smallest absolute Gasteiger partial charge is 0.134 e. The minimum atomic E-state index is -0.0779. The highest BCUT2D eigenvalue weighted by atomic mass is 35.5. The number of nitrogens with zero attached hydrogens (tertiary/aromatic N) is 4. The van der Waals surface area contributed by atoms with E-state index in [9.17, 15) is 5.11 Å². The van der Waals surface area contributed by atoms with Gasteiger partial charge in [0.2, 0.25) is 0 Å². The molecule has 0 bridgehead atoms. The standard InChI is InChI=1S/C12H17ClN4O/c1-3-9-12(13)10(17(4-2)15-9)7-16-6-5-14-11(16)8-18/h5-6,18H,3-4,7-8H2,1-2H3. The van der Waals surface area contributed by atoms with E-state index < -0.39 is 0 Å². The second-order valence-electron chi connectivity index (χ2n) is 4.01. The lowest BCUT2D eigenvalue weighted by Crippen LogP contribution is -2.10. The first-order chi connectivity index (χ1) is 8.71. The molecule has 0 saturated carbocycles. The van der Waals surface area contributed by atoms with E-state index in [4.69, 9.17) is 11.6 Å². The molecule has 0 atom stereocenters. The summed E-state index contributed by atoms with van der Waals surface area (Å²) in [5, 5.41) is 14.4. The van der Waals surface area contributed by atoms with Crippen LogP contribution >= 0.6 is 11.6 Å². The number of halogens is 1. The summed E-state index contributed by atoms with van der Waals surface area (Å²) in [5.41, 5.74) is 1.88. The van der Waals surface area contributed by atoms with Crippen molar-refractivity contribution in [2.24, 2.45) is 0 Å². The lowest BCUT2D eigenvalue weighted by Gasteiger charge is -2.08. The lowest BCUT2D eigenvalue weighted by molar-refractivity contribution is 0.266. The highest BCUT2D eigenvalue weighted by Crippen LogP contribution is 2.22. The van der Waals surface area contributed by atoms with Crippen LogP contribution in [0.4, 0.5) is 0 Å². The molecule has 0 aromatic carbocycles. The number of hydrogen-bond acceptors (Lipinski definition) is 3. The van der Waals surface area contributed by atoms with Gasteiger partial charge in [0.1, 0.15) is 12.4 Å². The average Bonchev–Trinajstić information content (AvgIpc) is 2.95. The van der Waals surface area contributed by atoms with Gasteiger partial charge in [0.05, 0.1) is 23.0 Å². The van der Waals surface area contributed by atoms with E-state index >= 15 is 0 Å². The monoisotopic (exact) mass is 268 g/mol. The highest BCUT2D eigenvalue weighted by molar-refractivity contribution is 6.31. The van der Waals surface area contributed by atoms with Crippen molar-refractivity contribution in [2.75, 3.05) is 0 Å². The molecule has 0 aliphatic rings. The van der Waals surface area contributed by atoms with Crippen LogP contribution in [0.3, 0.4) is 0 Å². The molecule has 2 aromatic heterocycles. The second-order valence-corrected chi connectivity index (χ2v) is 4.38. The van der Waals surface area contributed by atoms with Crippen molar-refractivity contribution in [3.8, 4) is 0 Å². The van der Waals surface area contributed by atoms with Crippen LogP contribution in [0.2, 0.25) is 5.02 Å². The van der Waals surface area contributed by atoms with Crippen LogP contribution in [0.25, 0.3) is 0 Å². The van der Waals surface area contributed by atoms with Gasteiger partial charge in [-0.1, -0.05) is 18.5 Å². The molecule has 2 aromatic rings. The van der Waals surface area contributed by atoms with E-state index in [1.807, 2.05) is 29.3 Å². The molecule has 18 heavy (non-hydrogen) atoms. The van der Waals surface area contributed by atoms with Crippen molar-refractivity contribution in [3.63, 3.8) is 0 Å². The van der Waals surface area contributed by atoms with Crippen molar-refractivity contribution >= 4 is 11.6 Å². The van der Waals surface area contributed by atoms with Crippen LogP contribution in [0.1, 0.15) is 31.1 Å². The molecule has 0 aliphatic heterocycles. The fourth-order valence-corrected chi connectivity index (χ4v) is 2.29. The minimum Gasteiger partial charge on any atom is -0.388 e. The first kappa shape index (κ1) is 13.1. The van der Waals surface area contributed by atoms with Gasteiger partial charge in [-0.25, -0.2) is 4.98 Å². The van der Waals surface area contributed by atoms with Gasteiger partial charge in [0, 0.05) is 18.9 Å². The van der Waals surface area contributed by atoms with Gasteiger partial charge < -0.3 is 9.67 Å². The molecule has 0 amide bonds. The van der Waals surface area contributed by atoms with Gasteiger partial charge in [-0.2, -0.15) is 5.10 Å². The van der Waals surface area contributed by atoms with Crippen LogP contribution in [0, 0.1) is 0 Å². The van der Waals surface area contributed by atoms with Crippen LogP contribution < -0.4 is 0 Å². The number of aromatic nitrogens is 4. The van der Waals surface area contributed by atoms with Crippen molar-refractivity contribution in [3.05, 3.63) is 34.6 Å². The van der Waals surface area contributed by atoms with Gasteiger partial charge in [-0.05, 0) is 13.3 Å². The zero-order valence-electron chi connectivity index (χ0n) is 10.6. The Hall–Kier alpha value is -1.33. The third-order valence-electron chi connectivity index (χ3n) is 2.96. The van der Waals surface area contributed by atoms with E-state index in [0.29, 0.717) is 12.4 Å². The van der Waals surface area contributed by atoms with Crippen molar-refractivity contribution in [2.45, 2.75) is 40.0 Å². The summed E-state index contributed by atoms with van der Waals surface area (Å²) in [6.07, 6.45) is 4.32. The fourth-order valence-electron chi connectivity index (χ4n) is 1.97. The van der Waals surface area contributed by atoms with Crippen LogP contribution in [0.15, 0.2) is 12.4 Å². The summed E-state index contributed by atoms with van der Waals surface area (Å²) in [4.78, 5) is 4.08. The van der Waals surface area contributed by atoms with E-state index in [1.165, 1.54) is 0 Å². The third kappa shape index (κ3) is 2.28. The summed E-state index contributed by atoms with van der Waals surface area (Å²) < 4.78 is 3.79. The van der Waals surface area contributed by atoms with Gasteiger partial charge in [-0.15, -0.1) is 0 Å². The molecule has 0 aliphatic carbocycles. The maximum atomic E-state index is 9.19. The maximum Gasteiger partial charge on any atom is 0.134 e. The number of imidazole rings is 1. The van der Waals surface area contributed by atoms with Crippen molar-refractivity contribution < 1.29 is 5.11 Å². The van der Waals surface area contributed by atoms with Crippen LogP contribution in [-0.4, -0.2) is 24.4 Å². The predicted molar refractivity (Wildman–Crippen MR) is 69.5 cm³/mol. The molecule has 0 fully saturated rings. The first-order valence-corrected chi connectivity index (χ1v) is 6.43. The Morgan fingerprint density at radius 2 is 2.17 bits per heavy atom. The third-order valence-corrected chi connectivity index (χ3v) is 3.39. The molecule has 0 saturated heterocycles. The topological polar surface area (TPSA) is 55.9 Å². The molecule has 2 rings (SSSR count). The van der Waals surface area contributed by atoms with E-state index in [1.54, 1.807) is 6.20 Å². The fraction of sp³-hybridized carbons (Fsp3) is 0.500. The van der Waals surface area contributed by atoms with Crippen LogP contribution in [-0.2, 0) is 26.1 Å². The molecule has 98 valence electrons. The number of aryl methyl sites for hydroxylation is 2. The molecule has 0 spiro atoms. The first-order valence-electron chi connectivity index (χ1n) is 6.06. The summed E-state index contributed by atoms with van der Waals surface area (Å²) >= 11 is 6.34. The van der Waals surface area contributed by atoms with Crippen molar-refractivity contribution in [1.29, 1.82) is 0 Å². The van der Waals surface area contributed by atoms with Crippen LogP contribution in [0.5, 0.6) is 0 Å². The van der Waals surface area contributed by atoms with Gasteiger partial charge in [0.15, 0.2) is 0 Å². The second kappa shape index (κ2) is 5.54. The Morgan fingerprint density at radius 1 is 1.39 bits per heavy atom. The Morgan fingerprint density at radius 3 is 2.78 bits per heavy atom. The molecule has 0 radical (unpaired) electrons. The summed E-state index contributed by atoms with van der Waals surface area (Å²) in [7, 11) is 0. The summed E-state index contributed by atoms with van der Waals surface area (Å²) in [6.45, 7) is 5.35. The molecular formula is C12H17ClN4O. The zero-order chi connectivity index (χ0) is 13.1. The van der Waals surface area contributed by atoms with E-state index in [-0.39, 0.29) is 6.61 Å². The van der Waals surface area contributed by atoms with Crippen molar-refractivity contribution in [1.82, 2.24) is 19.3 Å². The van der Waals surface area contributed by atoms with Gasteiger partial charge in [-0.3, -0.25) is 4.68 Å². The number of hydrogen-bond donors (Lipinski definition) is 1. The molecule has 1 N–H and O–H groups in total. The Labute approximate surface area is 111 Å². The quantitative estimate of drug-likeness (QED) is 0.900. The lowest BCUT2D eigenvalue weighted by atomic mass is 10.3. The average molecular weight is 269 g/mol. The number of aliphatic hydroxyl groups is 1. The molecule has 0 unspecified atom stereocenters. The Bertz CT molecular complexity index is 532. The number of aliphatic hydroxyl groups excluding tert-OH is 1. The molecular weight excluding hydrogens is 252 g/mol. The number of rotatable bonds is 5. The summed E-state index contributed by atoms with van der Waals surface area (Å²) in [5.74, 6) is 0.632. The van der Waals surface area contributed by atoms with E-state index in [0.717, 1.165) is 29.4 Å². The maximum absolute atomic E-state index is 9.19. The van der Waals surface area contributed by atoms with Gasteiger partial charge >= 0.3 is 0 Å². The predicted octanol–water partition coefficient (Wildman–Crippen LogP) is 1.86. The minimum absolute atomic E-state index is 0.0779. The SMILES string of the molecule is CCc1nn(CC)c(Cn2ccnc2CO)c1Cl. The van der Waals surface area contributed by atoms with Gasteiger partial charge in [0.25, 0.3) is 0 Å². The molecule has 6 heteroatoms. The Kier molecular flexibility index (Phi) is 4.04.